The number of esters is 1. The molecule has 1 saturated heterocycles. The van der Waals surface area contributed by atoms with Crippen molar-refractivity contribution in [1.82, 2.24) is 14.9 Å². The first kappa shape index (κ1) is 16.7. The van der Waals surface area contributed by atoms with E-state index in [1.54, 1.807) is 13.8 Å². The molecule has 0 aliphatic carbocycles. The van der Waals surface area contributed by atoms with Crippen LogP contribution in [0.2, 0.25) is 0 Å². The van der Waals surface area contributed by atoms with Gasteiger partial charge in [0.1, 0.15) is 23.0 Å². The van der Waals surface area contributed by atoms with Crippen LogP contribution in [0.1, 0.15) is 48.6 Å². The molecule has 0 spiro atoms. The van der Waals surface area contributed by atoms with Crippen LogP contribution in [0.4, 0.5) is 5.82 Å². The largest absolute Gasteiger partial charge is 0.462 e. The minimum absolute atomic E-state index is 0.264. The molecule has 0 amide bonds. The highest BCUT2D eigenvalue weighted by molar-refractivity contribution is 6.07. The van der Waals surface area contributed by atoms with E-state index in [0.29, 0.717) is 40.7 Å². The molecule has 7 heteroatoms. The Labute approximate surface area is 141 Å². The average molecular weight is 332 g/mol. The van der Waals surface area contributed by atoms with Crippen LogP contribution in [0.25, 0.3) is 11.1 Å². The Balaban J connectivity index is 1.92. The number of aromatic nitrogens is 2. The maximum atomic E-state index is 12.1. The summed E-state index contributed by atoms with van der Waals surface area (Å²) >= 11 is 0. The standard InChI is InChI=1S/C17H24N4O3/c1-4-23-17(22)13-11(3)24-16-14(13)15(18)19-12(20-16)9-21-7-5-6-10(2)8-21/h10H,4-9H2,1-3H3,(H2,18,19,20)/t10-/m0/s1. The molecule has 0 radical (unpaired) electrons. The molecule has 0 unspecified atom stereocenters. The second-order valence-corrected chi connectivity index (χ2v) is 6.44. The van der Waals surface area contributed by atoms with Crippen LogP contribution in [0.5, 0.6) is 0 Å². The molecular weight excluding hydrogens is 308 g/mol. The molecule has 1 atom stereocenters. The fourth-order valence-electron chi connectivity index (χ4n) is 3.33. The number of nitrogen functional groups attached to an aromatic ring is 1. The van der Waals surface area contributed by atoms with E-state index in [-0.39, 0.29) is 12.4 Å². The second-order valence-electron chi connectivity index (χ2n) is 6.44. The lowest BCUT2D eigenvalue weighted by atomic mass is 10.0. The number of anilines is 1. The van der Waals surface area contributed by atoms with Gasteiger partial charge < -0.3 is 14.9 Å². The SMILES string of the molecule is CCOC(=O)c1c(C)oc2nc(CN3CCC[C@H](C)C3)nc(N)c12. The summed E-state index contributed by atoms with van der Waals surface area (Å²) in [5, 5.41) is 0.446. The zero-order valence-electron chi connectivity index (χ0n) is 14.5. The summed E-state index contributed by atoms with van der Waals surface area (Å²) in [5.41, 5.74) is 6.77. The number of hydrogen-bond donors (Lipinski definition) is 1. The van der Waals surface area contributed by atoms with Gasteiger partial charge in [0.2, 0.25) is 5.71 Å². The molecule has 2 N–H and O–H groups in total. The van der Waals surface area contributed by atoms with Crippen LogP contribution < -0.4 is 5.73 Å². The van der Waals surface area contributed by atoms with Crippen LogP contribution >= 0.6 is 0 Å². The van der Waals surface area contributed by atoms with Crippen LogP contribution in [0.15, 0.2) is 4.42 Å². The number of rotatable bonds is 4. The van der Waals surface area contributed by atoms with E-state index in [0.717, 1.165) is 13.1 Å². The van der Waals surface area contributed by atoms with Gasteiger partial charge >= 0.3 is 5.97 Å². The lowest BCUT2D eigenvalue weighted by Crippen LogP contribution is -2.34. The Hall–Kier alpha value is -2.15. The number of fused-ring (bicyclic) bond motifs is 1. The van der Waals surface area contributed by atoms with E-state index >= 15 is 0 Å². The van der Waals surface area contributed by atoms with Crippen LogP contribution in [-0.2, 0) is 11.3 Å². The van der Waals surface area contributed by atoms with E-state index in [1.807, 2.05) is 0 Å². The zero-order valence-corrected chi connectivity index (χ0v) is 14.5. The Kier molecular flexibility index (Phi) is 4.71. The molecule has 0 bridgehead atoms. The van der Waals surface area contributed by atoms with Crippen molar-refractivity contribution in [3.05, 3.63) is 17.1 Å². The van der Waals surface area contributed by atoms with Gasteiger partial charge in [-0.1, -0.05) is 6.92 Å². The quantitative estimate of drug-likeness (QED) is 0.860. The summed E-state index contributed by atoms with van der Waals surface area (Å²) in [6.07, 6.45) is 2.45. The van der Waals surface area contributed by atoms with Crippen molar-refractivity contribution in [2.75, 3.05) is 25.4 Å². The van der Waals surface area contributed by atoms with Crippen LogP contribution in [-0.4, -0.2) is 40.5 Å². The molecule has 2 aromatic rings. The highest BCUT2D eigenvalue weighted by Crippen LogP contribution is 2.29. The van der Waals surface area contributed by atoms with Gasteiger partial charge in [0.05, 0.1) is 18.5 Å². The monoisotopic (exact) mass is 332 g/mol. The van der Waals surface area contributed by atoms with E-state index in [2.05, 4.69) is 21.8 Å². The first-order valence-electron chi connectivity index (χ1n) is 8.44. The number of ether oxygens (including phenoxy) is 1. The van der Waals surface area contributed by atoms with Gasteiger partial charge in [0.15, 0.2) is 0 Å². The Morgan fingerprint density at radius 2 is 2.25 bits per heavy atom. The van der Waals surface area contributed by atoms with Gasteiger partial charge in [-0.25, -0.2) is 9.78 Å². The molecule has 3 heterocycles. The minimum atomic E-state index is -0.457. The average Bonchev–Trinajstić information content (AvgIpc) is 2.84. The van der Waals surface area contributed by atoms with Crippen molar-refractivity contribution < 1.29 is 13.9 Å². The molecule has 1 aliphatic rings. The van der Waals surface area contributed by atoms with Gasteiger partial charge in [0, 0.05) is 6.54 Å². The number of hydrogen-bond acceptors (Lipinski definition) is 7. The lowest BCUT2D eigenvalue weighted by Gasteiger charge is -2.30. The number of aryl methyl sites for hydroxylation is 1. The summed E-state index contributed by atoms with van der Waals surface area (Å²) in [7, 11) is 0. The van der Waals surface area contributed by atoms with Crippen molar-refractivity contribution in [1.29, 1.82) is 0 Å². The fourth-order valence-corrected chi connectivity index (χ4v) is 3.33. The number of nitrogens with zero attached hydrogens (tertiary/aromatic N) is 3. The van der Waals surface area contributed by atoms with E-state index in [1.165, 1.54) is 12.8 Å². The summed E-state index contributed by atoms with van der Waals surface area (Å²) < 4.78 is 10.7. The molecule has 3 rings (SSSR count). The van der Waals surface area contributed by atoms with Crippen molar-refractivity contribution >= 4 is 22.9 Å². The second kappa shape index (κ2) is 6.76. The zero-order chi connectivity index (χ0) is 17.3. The Morgan fingerprint density at radius 1 is 1.46 bits per heavy atom. The molecular formula is C17H24N4O3. The minimum Gasteiger partial charge on any atom is -0.462 e. The molecule has 0 aromatic carbocycles. The van der Waals surface area contributed by atoms with Gasteiger partial charge in [0.25, 0.3) is 0 Å². The summed E-state index contributed by atoms with van der Waals surface area (Å²) in [6, 6.07) is 0. The molecule has 7 nitrogen and oxygen atoms in total. The molecule has 24 heavy (non-hydrogen) atoms. The van der Waals surface area contributed by atoms with Crippen molar-refractivity contribution in [3.63, 3.8) is 0 Å². The maximum absolute atomic E-state index is 12.1. The van der Waals surface area contributed by atoms with E-state index in [9.17, 15) is 4.79 Å². The number of piperidine rings is 1. The Bertz CT molecular complexity index is 756. The molecule has 130 valence electrons. The number of likely N-dealkylation sites (tertiary alicyclic amines) is 1. The van der Waals surface area contributed by atoms with Gasteiger partial charge in [-0.3, -0.25) is 4.90 Å². The van der Waals surface area contributed by atoms with Crippen LogP contribution in [0.3, 0.4) is 0 Å². The van der Waals surface area contributed by atoms with Crippen LogP contribution in [0, 0.1) is 12.8 Å². The highest BCUT2D eigenvalue weighted by atomic mass is 16.5. The smallest absolute Gasteiger partial charge is 0.342 e. The highest BCUT2D eigenvalue weighted by Gasteiger charge is 2.24. The van der Waals surface area contributed by atoms with Gasteiger partial charge in [-0.05, 0) is 39.2 Å². The molecule has 1 fully saturated rings. The number of carbonyl (C=O) groups excluding carboxylic acids is 1. The third-order valence-corrected chi connectivity index (χ3v) is 4.39. The van der Waals surface area contributed by atoms with E-state index in [4.69, 9.17) is 14.9 Å². The van der Waals surface area contributed by atoms with Gasteiger partial charge in [-0.2, -0.15) is 4.98 Å². The molecule has 0 saturated carbocycles. The molecule has 1 aliphatic heterocycles. The van der Waals surface area contributed by atoms with E-state index < -0.39 is 5.97 Å². The number of furan rings is 1. The maximum Gasteiger partial charge on any atom is 0.342 e. The first-order valence-corrected chi connectivity index (χ1v) is 8.44. The first-order chi connectivity index (χ1) is 11.5. The molecule has 2 aromatic heterocycles. The number of carbonyl (C=O) groups is 1. The third-order valence-electron chi connectivity index (χ3n) is 4.39. The van der Waals surface area contributed by atoms with Crippen molar-refractivity contribution in [3.8, 4) is 0 Å². The summed E-state index contributed by atoms with van der Waals surface area (Å²) in [4.78, 5) is 23.3. The normalized spacial score (nSPS) is 18.9. The third kappa shape index (κ3) is 3.21. The summed E-state index contributed by atoms with van der Waals surface area (Å²) in [6.45, 7) is 8.72. The summed E-state index contributed by atoms with van der Waals surface area (Å²) in [5.74, 6) is 1.56. The lowest BCUT2D eigenvalue weighted by molar-refractivity contribution is 0.0526. The van der Waals surface area contributed by atoms with Gasteiger partial charge in [-0.15, -0.1) is 0 Å². The number of nitrogens with two attached hydrogens (primary N) is 1. The van der Waals surface area contributed by atoms with Crippen molar-refractivity contribution in [2.45, 2.75) is 40.2 Å². The predicted molar refractivity (Wildman–Crippen MR) is 90.6 cm³/mol. The predicted octanol–water partition coefficient (Wildman–Crippen LogP) is 2.52. The van der Waals surface area contributed by atoms with Crippen molar-refractivity contribution in [2.24, 2.45) is 5.92 Å². The Morgan fingerprint density at radius 3 is 2.96 bits per heavy atom. The fraction of sp³-hybridized carbons (Fsp3) is 0.588. The topological polar surface area (TPSA) is 94.5 Å².